The predicted molar refractivity (Wildman–Crippen MR) is 226 cm³/mol. The van der Waals surface area contributed by atoms with Crippen LogP contribution < -0.4 is 20.7 Å². The van der Waals surface area contributed by atoms with Crippen LogP contribution in [0, 0.1) is 11.5 Å². The highest BCUT2D eigenvalue weighted by molar-refractivity contribution is 14.1. The van der Waals surface area contributed by atoms with Gasteiger partial charge in [-0.05, 0) is 59.5 Å². The van der Waals surface area contributed by atoms with Crippen molar-refractivity contribution >= 4 is 68.0 Å². The lowest BCUT2D eigenvalue weighted by Crippen LogP contribution is -2.71. The van der Waals surface area contributed by atoms with Crippen molar-refractivity contribution in [2.45, 2.75) is 95.2 Å². The van der Waals surface area contributed by atoms with E-state index in [1.165, 1.54) is 20.7 Å². The first kappa shape index (κ1) is 37.2. The minimum absolute atomic E-state index is 0.200. The summed E-state index contributed by atoms with van der Waals surface area (Å²) in [5.74, 6) is 3.61. The number of epoxide rings is 1. The molecule has 1 heterocycles. The van der Waals surface area contributed by atoms with Crippen LogP contribution in [0.15, 0.2) is 131 Å². The summed E-state index contributed by atoms with van der Waals surface area (Å²) in [6, 6.07) is 43.7. The summed E-state index contributed by atoms with van der Waals surface area (Å²) in [5, 5.41) is 4.56. The Hall–Kier alpha value is -2.56. The summed E-state index contributed by atoms with van der Waals surface area (Å²) < 4.78 is 24.0. The summed E-state index contributed by atoms with van der Waals surface area (Å²) in [6.45, 7) is 20.9. The third-order valence-corrected chi connectivity index (χ3v) is 22.2. The molecule has 1 spiro atoms. The summed E-state index contributed by atoms with van der Waals surface area (Å²) in [4.78, 5) is 0. The van der Waals surface area contributed by atoms with Crippen molar-refractivity contribution in [1.29, 1.82) is 0 Å². The highest BCUT2D eigenvalue weighted by atomic mass is 127. The van der Waals surface area contributed by atoms with Gasteiger partial charge in [0.2, 0.25) is 0 Å². The zero-order chi connectivity index (χ0) is 36.0. The number of benzene rings is 4. The van der Waals surface area contributed by atoms with E-state index in [4.69, 9.17) is 13.6 Å². The molecule has 1 unspecified atom stereocenters. The Bertz CT molecular complexity index is 1790. The van der Waals surface area contributed by atoms with Crippen LogP contribution >= 0.6 is 22.6 Å². The van der Waals surface area contributed by atoms with E-state index in [0.29, 0.717) is 0 Å². The van der Waals surface area contributed by atoms with Crippen molar-refractivity contribution in [3.05, 3.63) is 131 Å². The molecule has 6 rings (SSSR count). The molecule has 4 aromatic rings. The second-order valence-electron chi connectivity index (χ2n) is 16.8. The zero-order valence-corrected chi connectivity index (χ0v) is 36.1. The van der Waals surface area contributed by atoms with E-state index in [-0.39, 0.29) is 22.3 Å². The Balaban J connectivity index is 1.59. The predicted octanol–water partition coefficient (Wildman–Crippen LogP) is 8.23. The fourth-order valence-electron chi connectivity index (χ4n) is 7.75. The van der Waals surface area contributed by atoms with Gasteiger partial charge in [0.15, 0.2) is 11.7 Å². The van der Waals surface area contributed by atoms with Crippen molar-refractivity contribution in [2.75, 3.05) is 0 Å². The Kier molecular flexibility index (Phi) is 10.2. The van der Waals surface area contributed by atoms with Crippen molar-refractivity contribution in [1.82, 2.24) is 0 Å². The van der Waals surface area contributed by atoms with E-state index in [1.807, 2.05) is 0 Å². The second kappa shape index (κ2) is 13.8. The third-order valence-electron chi connectivity index (χ3n) is 10.1. The van der Waals surface area contributed by atoms with Gasteiger partial charge in [-0.25, -0.2) is 0 Å². The fraction of sp³-hybridized carbons (Fsp3) is 0.349. The molecule has 260 valence electrons. The topological polar surface area (TPSA) is 31.0 Å². The van der Waals surface area contributed by atoms with Gasteiger partial charge < -0.3 is 13.6 Å². The Labute approximate surface area is 317 Å². The maximum atomic E-state index is 8.09. The van der Waals surface area contributed by atoms with Gasteiger partial charge in [0.25, 0.3) is 16.6 Å². The van der Waals surface area contributed by atoms with Crippen LogP contribution in [0.25, 0.3) is 0 Å². The Morgan fingerprint density at radius 3 is 1.30 bits per heavy atom. The van der Waals surface area contributed by atoms with Crippen LogP contribution in [0.1, 0.15) is 41.5 Å². The third kappa shape index (κ3) is 6.62. The molecule has 0 amide bonds. The van der Waals surface area contributed by atoms with E-state index in [0.717, 1.165) is 3.58 Å². The molecule has 1 aliphatic heterocycles. The van der Waals surface area contributed by atoms with Crippen LogP contribution in [0.2, 0.25) is 29.7 Å². The van der Waals surface area contributed by atoms with Gasteiger partial charge >= 0.3 is 0 Å². The van der Waals surface area contributed by atoms with Gasteiger partial charge in [0.1, 0.15) is 14.2 Å². The van der Waals surface area contributed by atoms with Crippen LogP contribution in [-0.2, 0) is 13.6 Å². The number of rotatable bonds is 8. The van der Waals surface area contributed by atoms with Gasteiger partial charge in [-0.3, -0.25) is 0 Å². The Morgan fingerprint density at radius 1 is 0.600 bits per heavy atom. The first-order valence-electron chi connectivity index (χ1n) is 17.7. The molecule has 50 heavy (non-hydrogen) atoms. The van der Waals surface area contributed by atoms with Crippen molar-refractivity contribution in [2.24, 2.45) is 0 Å². The molecular weight excluding hydrogens is 776 g/mol. The van der Waals surface area contributed by atoms with Crippen LogP contribution in [-0.4, -0.2) is 48.6 Å². The molecule has 0 aromatic heterocycles. The maximum Gasteiger partial charge on any atom is 0.262 e. The first-order chi connectivity index (χ1) is 23.6. The van der Waals surface area contributed by atoms with Crippen LogP contribution in [0.4, 0.5) is 0 Å². The van der Waals surface area contributed by atoms with Gasteiger partial charge in [-0.1, -0.05) is 188 Å². The maximum absolute atomic E-state index is 8.09. The van der Waals surface area contributed by atoms with E-state index in [9.17, 15) is 0 Å². The minimum Gasteiger partial charge on any atom is -0.398 e. The molecule has 1 aliphatic carbocycles. The second-order valence-corrected chi connectivity index (χ2v) is 31.2. The van der Waals surface area contributed by atoms with E-state index in [1.54, 1.807) is 0 Å². The van der Waals surface area contributed by atoms with Gasteiger partial charge in [0, 0.05) is 3.58 Å². The van der Waals surface area contributed by atoms with E-state index < -0.39 is 36.4 Å². The van der Waals surface area contributed by atoms with Crippen molar-refractivity contribution in [3.8, 4) is 11.5 Å². The normalized spacial score (nSPS) is 22.5. The number of hydrogen-bond acceptors (Lipinski definition) is 3. The molecule has 2 aliphatic rings. The molecule has 3 nitrogen and oxygen atoms in total. The largest absolute Gasteiger partial charge is 0.398 e. The van der Waals surface area contributed by atoms with Crippen molar-refractivity contribution in [3.63, 3.8) is 0 Å². The van der Waals surface area contributed by atoms with Gasteiger partial charge in [-0.2, -0.15) is 0 Å². The standard InChI is InChI=1S/C43H51IO3Si3/c1-41(2,3)49(33-22-14-10-15-23-33,34-24-16-11-17-25-34)46-37-32-38(44)43(39(45-43)30-31-48(7,8)9)40(37)47-50(42(4,5)6,35-26-18-12-19-27-35)36-28-20-13-21-29-36/h10-29,32,37,39-40H,1-9H3/t37-,39?,40+,43+/m0/s1. The molecule has 7 heteroatoms. The summed E-state index contributed by atoms with van der Waals surface area (Å²) in [5.41, 5.74) is 2.93. The average molecular weight is 827 g/mol. The smallest absolute Gasteiger partial charge is 0.262 e. The van der Waals surface area contributed by atoms with E-state index in [2.05, 4.69) is 223 Å². The molecule has 1 saturated heterocycles. The van der Waals surface area contributed by atoms with Crippen LogP contribution in [0.3, 0.4) is 0 Å². The molecular formula is C43H51IO3Si3. The lowest BCUT2D eigenvalue weighted by molar-refractivity contribution is 0.0388. The Morgan fingerprint density at radius 2 is 0.960 bits per heavy atom. The first-order valence-corrected chi connectivity index (χ1v) is 26.1. The number of halogens is 1. The monoisotopic (exact) mass is 826 g/mol. The number of ether oxygens (including phenoxy) is 1. The molecule has 4 atom stereocenters. The molecule has 0 radical (unpaired) electrons. The van der Waals surface area contributed by atoms with Gasteiger partial charge in [0.05, 0.1) is 6.10 Å². The lowest BCUT2D eigenvalue weighted by Gasteiger charge is -2.48. The molecule has 4 aromatic carbocycles. The fourth-order valence-corrected chi connectivity index (χ4v) is 18.7. The average Bonchev–Trinajstić information content (AvgIpc) is 3.76. The molecule has 0 N–H and O–H groups in total. The van der Waals surface area contributed by atoms with Gasteiger partial charge in [-0.15, -0.1) is 5.54 Å². The molecule has 0 saturated carbocycles. The summed E-state index contributed by atoms with van der Waals surface area (Å²) in [6.07, 6.45) is 1.27. The SMILES string of the molecule is CC(C)(C)[Si](O[C@H]1C=C(I)[C@]2(OC2C#C[Si](C)(C)C)[C@@H]1O[Si](c1ccccc1)(c1ccccc1)C(C)(C)C)(c1ccccc1)c1ccccc1. The lowest BCUT2D eigenvalue weighted by atomic mass is 10.0. The quantitative estimate of drug-likeness (QED) is 0.0777. The summed E-state index contributed by atoms with van der Waals surface area (Å²) in [7, 11) is -7.65. The molecule has 1 fully saturated rings. The highest BCUT2D eigenvalue weighted by Gasteiger charge is 2.72. The summed E-state index contributed by atoms with van der Waals surface area (Å²) >= 11 is 2.50. The van der Waals surface area contributed by atoms with E-state index >= 15 is 0 Å². The van der Waals surface area contributed by atoms with Crippen molar-refractivity contribution < 1.29 is 13.6 Å². The highest BCUT2D eigenvalue weighted by Crippen LogP contribution is 2.57. The van der Waals surface area contributed by atoms with Crippen LogP contribution in [0.5, 0.6) is 0 Å². The number of hydrogen-bond donors (Lipinski definition) is 0. The molecule has 0 bridgehead atoms. The minimum atomic E-state index is -3.02. The zero-order valence-electron chi connectivity index (χ0n) is 31.0.